The van der Waals surface area contributed by atoms with Crippen molar-refractivity contribution in [1.29, 1.82) is 0 Å². The molecule has 0 radical (unpaired) electrons. The maximum absolute atomic E-state index is 12.6. The van der Waals surface area contributed by atoms with Crippen molar-refractivity contribution in [3.63, 3.8) is 0 Å². The molecule has 2 amide bonds. The lowest BCUT2D eigenvalue weighted by Crippen LogP contribution is -2.10. The molecule has 0 aliphatic carbocycles. The number of H-pyrrole nitrogens is 1. The number of rotatable bonds is 4. The molecular formula is C21H18N4O3S. The smallest absolute Gasteiger partial charge is 0.300 e. The molecule has 8 heteroatoms. The molecule has 1 aliphatic rings. The molecule has 7 nitrogen and oxygen atoms in total. The average Bonchev–Trinajstić information content (AvgIpc) is 3.35. The van der Waals surface area contributed by atoms with Crippen LogP contribution in [0.1, 0.15) is 27.0 Å². The van der Waals surface area contributed by atoms with Crippen molar-refractivity contribution in [1.82, 2.24) is 10.2 Å². The Morgan fingerprint density at radius 3 is 2.97 bits per heavy atom. The number of ether oxygens (including phenoxy) is 1. The molecule has 3 N–H and O–H groups in total. The van der Waals surface area contributed by atoms with Gasteiger partial charge in [0.25, 0.3) is 11.8 Å². The van der Waals surface area contributed by atoms with Gasteiger partial charge < -0.3 is 15.4 Å². The first-order chi connectivity index (χ1) is 14.1. The van der Waals surface area contributed by atoms with Gasteiger partial charge in [0, 0.05) is 28.6 Å². The van der Waals surface area contributed by atoms with E-state index in [4.69, 9.17) is 4.74 Å². The maximum atomic E-state index is 12.6. The Balaban J connectivity index is 1.47. The molecule has 2 aromatic heterocycles. The molecule has 0 atom stereocenters. The van der Waals surface area contributed by atoms with E-state index in [9.17, 15) is 9.59 Å². The van der Waals surface area contributed by atoms with Crippen molar-refractivity contribution in [3.05, 3.63) is 51.7 Å². The quantitative estimate of drug-likeness (QED) is 0.579. The zero-order chi connectivity index (χ0) is 20.2. The second-order valence-electron chi connectivity index (χ2n) is 6.39. The van der Waals surface area contributed by atoms with Gasteiger partial charge in [-0.15, -0.1) is 11.3 Å². The largest absolute Gasteiger partial charge is 0.376 e. The normalized spacial score (nSPS) is 12.4. The van der Waals surface area contributed by atoms with Crippen LogP contribution < -0.4 is 10.6 Å². The standard InChI is InChI=1S/C21H18N4O3S/c1-2-4-20(26)22-15-6-3-5-13(9-15)16-11-19(25-24-16)23-21(27)18-10-14-12-28-8-7-17(14)29-18/h3,5-6,9-11H,7-8,12H2,1H3,(H,22,26)(H2,23,24,25,27). The van der Waals surface area contributed by atoms with E-state index in [0.717, 1.165) is 23.2 Å². The Morgan fingerprint density at radius 1 is 1.24 bits per heavy atom. The number of fused-ring (bicyclic) bond motifs is 1. The second kappa shape index (κ2) is 8.31. The molecule has 0 spiro atoms. The zero-order valence-electron chi connectivity index (χ0n) is 15.7. The Kier molecular flexibility index (Phi) is 5.42. The fraction of sp³-hybridized carbons (Fsp3) is 0.190. The molecule has 0 saturated heterocycles. The molecule has 0 fully saturated rings. The number of benzene rings is 1. The lowest BCUT2D eigenvalue weighted by molar-refractivity contribution is -0.111. The molecule has 4 rings (SSSR count). The van der Waals surface area contributed by atoms with Crippen LogP contribution in [0.5, 0.6) is 0 Å². The van der Waals surface area contributed by atoms with Crippen molar-refractivity contribution in [2.45, 2.75) is 20.0 Å². The van der Waals surface area contributed by atoms with Crippen LogP contribution in [0.15, 0.2) is 36.4 Å². The molecule has 0 bridgehead atoms. The van der Waals surface area contributed by atoms with Gasteiger partial charge in [-0.3, -0.25) is 14.7 Å². The number of carbonyl (C=O) groups excluding carboxylic acids is 2. The van der Waals surface area contributed by atoms with Crippen LogP contribution in [0.25, 0.3) is 11.3 Å². The van der Waals surface area contributed by atoms with Crippen LogP contribution in [0.4, 0.5) is 11.5 Å². The number of aromatic nitrogens is 2. The zero-order valence-corrected chi connectivity index (χ0v) is 16.5. The summed E-state index contributed by atoms with van der Waals surface area (Å²) in [5.74, 6) is 4.87. The highest BCUT2D eigenvalue weighted by Gasteiger charge is 2.18. The van der Waals surface area contributed by atoms with Gasteiger partial charge in [-0.05, 0) is 36.6 Å². The van der Waals surface area contributed by atoms with E-state index in [1.54, 1.807) is 19.1 Å². The Labute approximate surface area is 171 Å². The third-order valence-corrected chi connectivity index (χ3v) is 5.58. The van der Waals surface area contributed by atoms with E-state index >= 15 is 0 Å². The summed E-state index contributed by atoms with van der Waals surface area (Å²) in [6.45, 7) is 2.86. The van der Waals surface area contributed by atoms with E-state index in [0.29, 0.717) is 29.6 Å². The predicted octanol–water partition coefficient (Wildman–Crippen LogP) is 3.43. The number of amides is 2. The predicted molar refractivity (Wildman–Crippen MR) is 112 cm³/mol. The summed E-state index contributed by atoms with van der Waals surface area (Å²) < 4.78 is 5.43. The Morgan fingerprint density at radius 2 is 2.14 bits per heavy atom. The number of hydrogen-bond acceptors (Lipinski definition) is 5. The summed E-state index contributed by atoms with van der Waals surface area (Å²) in [5, 5.41) is 12.6. The number of aromatic amines is 1. The summed E-state index contributed by atoms with van der Waals surface area (Å²) in [7, 11) is 0. The molecule has 0 unspecified atom stereocenters. The first-order valence-electron chi connectivity index (χ1n) is 9.02. The topological polar surface area (TPSA) is 96.1 Å². The fourth-order valence-corrected chi connectivity index (χ4v) is 4.06. The van der Waals surface area contributed by atoms with Gasteiger partial charge in [-0.1, -0.05) is 18.1 Å². The van der Waals surface area contributed by atoms with Crippen molar-refractivity contribution in [3.8, 4) is 23.1 Å². The van der Waals surface area contributed by atoms with Gasteiger partial charge in [0.05, 0.1) is 23.8 Å². The summed E-state index contributed by atoms with van der Waals surface area (Å²) in [6, 6.07) is 10.9. The van der Waals surface area contributed by atoms with Crippen LogP contribution in [0, 0.1) is 11.8 Å². The number of carbonyl (C=O) groups is 2. The first-order valence-corrected chi connectivity index (χ1v) is 9.84. The van der Waals surface area contributed by atoms with E-state index in [-0.39, 0.29) is 11.8 Å². The minimum absolute atomic E-state index is 0.193. The van der Waals surface area contributed by atoms with Crippen LogP contribution in [-0.2, 0) is 22.6 Å². The summed E-state index contributed by atoms with van der Waals surface area (Å²) >= 11 is 1.50. The maximum Gasteiger partial charge on any atom is 0.300 e. The van der Waals surface area contributed by atoms with Gasteiger partial charge in [0.1, 0.15) is 0 Å². The molecule has 0 saturated carbocycles. The third kappa shape index (κ3) is 4.37. The lowest BCUT2D eigenvalue weighted by Gasteiger charge is -2.10. The van der Waals surface area contributed by atoms with Gasteiger partial charge in [0.2, 0.25) is 0 Å². The van der Waals surface area contributed by atoms with Crippen molar-refractivity contribution >= 4 is 34.7 Å². The SMILES string of the molecule is CC#CC(=O)Nc1cccc(-c2cc(NC(=O)c3cc4c(s3)CCOC4)n[nH]2)c1. The Hall–Kier alpha value is -3.41. The molecular weight excluding hydrogens is 388 g/mol. The van der Waals surface area contributed by atoms with Gasteiger partial charge >= 0.3 is 0 Å². The first kappa shape index (κ1) is 18.9. The lowest BCUT2D eigenvalue weighted by atomic mass is 10.1. The number of thiophene rings is 1. The fourth-order valence-electron chi connectivity index (χ4n) is 3.01. The van der Waals surface area contributed by atoms with Crippen LogP contribution >= 0.6 is 11.3 Å². The van der Waals surface area contributed by atoms with Gasteiger partial charge in [-0.25, -0.2) is 0 Å². The number of nitrogens with zero attached hydrogens (tertiary/aromatic N) is 1. The highest BCUT2D eigenvalue weighted by molar-refractivity contribution is 7.14. The van der Waals surface area contributed by atoms with Gasteiger partial charge in [0.15, 0.2) is 5.82 Å². The Bertz CT molecular complexity index is 1110. The van der Waals surface area contributed by atoms with Crippen molar-refractivity contribution in [2.75, 3.05) is 17.2 Å². The molecule has 29 heavy (non-hydrogen) atoms. The van der Waals surface area contributed by atoms with E-state index in [1.807, 2.05) is 24.3 Å². The summed E-state index contributed by atoms with van der Waals surface area (Å²) in [4.78, 5) is 26.0. The minimum Gasteiger partial charge on any atom is -0.376 e. The van der Waals surface area contributed by atoms with Crippen LogP contribution in [0.3, 0.4) is 0 Å². The van der Waals surface area contributed by atoms with Crippen LogP contribution in [0.2, 0.25) is 0 Å². The van der Waals surface area contributed by atoms with Crippen LogP contribution in [-0.4, -0.2) is 28.6 Å². The number of anilines is 2. The highest BCUT2D eigenvalue weighted by Crippen LogP contribution is 2.28. The number of hydrogen-bond donors (Lipinski definition) is 3. The molecule has 1 aromatic carbocycles. The molecule has 3 heterocycles. The molecule has 146 valence electrons. The van der Waals surface area contributed by atoms with E-state index < -0.39 is 0 Å². The minimum atomic E-state index is -0.369. The number of nitrogens with one attached hydrogen (secondary N) is 3. The average molecular weight is 406 g/mol. The highest BCUT2D eigenvalue weighted by atomic mass is 32.1. The third-order valence-electron chi connectivity index (χ3n) is 4.34. The second-order valence-corrected chi connectivity index (χ2v) is 7.53. The summed E-state index contributed by atoms with van der Waals surface area (Å²) in [6.07, 6.45) is 0.844. The van der Waals surface area contributed by atoms with E-state index in [2.05, 4.69) is 32.7 Å². The van der Waals surface area contributed by atoms with Gasteiger partial charge in [-0.2, -0.15) is 5.10 Å². The summed E-state index contributed by atoms with van der Waals surface area (Å²) in [5.41, 5.74) is 3.25. The van der Waals surface area contributed by atoms with Crippen molar-refractivity contribution in [2.24, 2.45) is 0 Å². The molecule has 1 aliphatic heterocycles. The monoisotopic (exact) mass is 406 g/mol. The van der Waals surface area contributed by atoms with Crippen molar-refractivity contribution < 1.29 is 14.3 Å². The molecule has 3 aromatic rings. The van der Waals surface area contributed by atoms with E-state index in [1.165, 1.54) is 16.2 Å².